The lowest BCUT2D eigenvalue weighted by atomic mass is 9.99. The Morgan fingerprint density at radius 1 is 1.19 bits per heavy atom. The van der Waals surface area contributed by atoms with E-state index in [0.29, 0.717) is 13.4 Å². The molecule has 1 aromatic rings. The van der Waals surface area contributed by atoms with E-state index in [0.717, 1.165) is 10.2 Å². The molecule has 0 bridgehead atoms. The molecule has 0 aliphatic rings. The van der Waals surface area contributed by atoms with Crippen LogP contribution in [0.1, 0.15) is 26.3 Å². The summed E-state index contributed by atoms with van der Waals surface area (Å²) in [7, 11) is 0. The average molecular weight is 287 g/mol. The van der Waals surface area contributed by atoms with Gasteiger partial charge in [0, 0.05) is 4.47 Å². The van der Waals surface area contributed by atoms with Gasteiger partial charge in [0.15, 0.2) is 6.79 Å². The van der Waals surface area contributed by atoms with Crippen LogP contribution in [0.25, 0.3) is 0 Å². The van der Waals surface area contributed by atoms with Crippen molar-refractivity contribution in [3.63, 3.8) is 0 Å². The SMILES string of the molecule is Cc1cc(Br)cc(OCOCC(C)(C)C)c1. The summed E-state index contributed by atoms with van der Waals surface area (Å²) in [4.78, 5) is 0. The zero-order valence-electron chi connectivity index (χ0n) is 10.3. The van der Waals surface area contributed by atoms with E-state index in [9.17, 15) is 0 Å². The molecule has 0 heterocycles. The maximum absolute atomic E-state index is 5.51. The monoisotopic (exact) mass is 286 g/mol. The normalized spacial score (nSPS) is 11.6. The highest BCUT2D eigenvalue weighted by atomic mass is 79.9. The van der Waals surface area contributed by atoms with Gasteiger partial charge >= 0.3 is 0 Å². The van der Waals surface area contributed by atoms with E-state index in [1.165, 1.54) is 5.56 Å². The summed E-state index contributed by atoms with van der Waals surface area (Å²) in [5.41, 5.74) is 1.34. The fraction of sp³-hybridized carbons (Fsp3) is 0.538. The largest absolute Gasteiger partial charge is 0.468 e. The number of rotatable bonds is 4. The van der Waals surface area contributed by atoms with Crippen LogP contribution >= 0.6 is 15.9 Å². The van der Waals surface area contributed by atoms with Gasteiger partial charge in [-0.15, -0.1) is 0 Å². The first kappa shape index (κ1) is 13.5. The number of hydrogen-bond donors (Lipinski definition) is 0. The van der Waals surface area contributed by atoms with Crippen molar-refractivity contribution in [1.29, 1.82) is 0 Å². The van der Waals surface area contributed by atoms with Crippen LogP contribution in [0.3, 0.4) is 0 Å². The molecule has 3 heteroatoms. The summed E-state index contributed by atoms with van der Waals surface area (Å²) in [6.07, 6.45) is 0. The van der Waals surface area contributed by atoms with E-state index in [1.807, 2.05) is 25.1 Å². The van der Waals surface area contributed by atoms with Gasteiger partial charge in [-0.3, -0.25) is 0 Å². The molecule has 1 rings (SSSR count). The molecule has 0 radical (unpaired) electrons. The second-order valence-electron chi connectivity index (χ2n) is 5.14. The Morgan fingerprint density at radius 3 is 2.44 bits per heavy atom. The van der Waals surface area contributed by atoms with Crippen molar-refractivity contribution >= 4 is 15.9 Å². The summed E-state index contributed by atoms with van der Waals surface area (Å²) >= 11 is 3.43. The van der Waals surface area contributed by atoms with Crippen LogP contribution in [-0.4, -0.2) is 13.4 Å². The Bertz CT molecular complexity index is 322. The lowest BCUT2D eigenvalue weighted by Gasteiger charge is -2.18. The minimum Gasteiger partial charge on any atom is -0.468 e. The fourth-order valence-corrected chi connectivity index (χ4v) is 1.83. The molecule has 0 fully saturated rings. The van der Waals surface area contributed by atoms with Crippen LogP contribution < -0.4 is 4.74 Å². The standard InChI is InChI=1S/C13H19BrO2/c1-10-5-11(14)7-12(6-10)16-9-15-8-13(2,3)4/h5-7H,8-9H2,1-4H3. The van der Waals surface area contributed by atoms with E-state index >= 15 is 0 Å². The maximum Gasteiger partial charge on any atom is 0.189 e. The third-order valence-corrected chi connectivity index (χ3v) is 2.32. The number of hydrogen-bond acceptors (Lipinski definition) is 2. The Hall–Kier alpha value is -0.540. The van der Waals surface area contributed by atoms with Crippen LogP contribution in [0.4, 0.5) is 0 Å². The molecule has 0 unspecified atom stereocenters. The molecule has 2 nitrogen and oxygen atoms in total. The summed E-state index contributed by atoms with van der Waals surface area (Å²) < 4.78 is 12.0. The highest BCUT2D eigenvalue weighted by Crippen LogP contribution is 2.21. The Labute approximate surface area is 106 Å². The molecule has 0 atom stereocenters. The zero-order valence-corrected chi connectivity index (χ0v) is 11.9. The van der Waals surface area contributed by atoms with Crippen LogP contribution in [0.5, 0.6) is 5.75 Å². The zero-order chi connectivity index (χ0) is 12.2. The van der Waals surface area contributed by atoms with Crippen molar-refractivity contribution < 1.29 is 9.47 Å². The quantitative estimate of drug-likeness (QED) is 0.611. The van der Waals surface area contributed by atoms with Crippen LogP contribution in [0.15, 0.2) is 22.7 Å². The van der Waals surface area contributed by atoms with Crippen LogP contribution in [0.2, 0.25) is 0 Å². The predicted molar refractivity (Wildman–Crippen MR) is 69.8 cm³/mol. The Morgan fingerprint density at radius 2 is 1.88 bits per heavy atom. The van der Waals surface area contributed by atoms with Gasteiger partial charge in [-0.25, -0.2) is 0 Å². The number of halogens is 1. The second-order valence-corrected chi connectivity index (χ2v) is 6.05. The molecule has 1 aromatic carbocycles. The predicted octanol–water partition coefficient (Wildman–Crippen LogP) is 4.16. The Kier molecular flexibility index (Phi) is 4.81. The number of aryl methyl sites for hydroxylation is 1. The van der Waals surface area contributed by atoms with Gasteiger partial charge in [0.1, 0.15) is 5.75 Å². The van der Waals surface area contributed by atoms with Crippen molar-refractivity contribution in [3.8, 4) is 5.75 Å². The van der Waals surface area contributed by atoms with E-state index < -0.39 is 0 Å². The van der Waals surface area contributed by atoms with E-state index in [4.69, 9.17) is 9.47 Å². The van der Waals surface area contributed by atoms with E-state index in [1.54, 1.807) is 0 Å². The van der Waals surface area contributed by atoms with Crippen molar-refractivity contribution in [2.24, 2.45) is 5.41 Å². The van der Waals surface area contributed by atoms with E-state index in [2.05, 4.69) is 36.7 Å². The molecule has 0 aliphatic heterocycles. The first-order valence-corrected chi connectivity index (χ1v) is 6.14. The molecule has 90 valence electrons. The number of benzene rings is 1. The maximum atomic E-state index is 5.51. The van der Waals surface area contributed by atoms with Gasteiger partial charge in [0.25, 0.3) is 0 Å². The highest BCUT2D eigenvalue weighted by molar-refractivity contribution is 9.10. The second kappa shape index (κ2) is 5.69. The molecule has 0 saturated heterocycles. The third kappa shape index (κ3) is 5.52. The first-order valence-electron chi connectivity index (χ1n) is 5.34. The fourth-order valence-electron chi connectivity index (χ4n) is 1.24. The summed E-state index contributed by atoms with van der Waals surface area (Å²) in [5.74, 6) is 0.834. The average Bonchev–Trinajstić information content (AvgIpc) is 2.09. The smallest absolute Gasteiger partial charge is 0.189 e. The minimum absolute atomic E-state index is 0.177. The van der Waals surface area contributed by atoms with E-state index in [-0.39, 0.29) is 5.41 Å². The summed E-state index contributed by atoms with van der Waals surface area (Å²) in [6.45, 7) is 9.43. The third-order valence-electron chi connectivity index (χ3n) is 1.86. The molecular formula is C13H19BrO2. The molecule has 0 aromatic heterocycles. The van der Waals surface area contributed by atoms with Crippen LogP contribution in [-0.2, 0) is 4.74 Å². The molecular weight excluding hydrogens is 268 g/mol. The van der Waals surface area contributed by atoms with Gasteiger partial charge in [-0.1, -0.05) is 36.7 Å². The molecule has 0 saturated carbocycles. The lowest BCUT2D eigenvalue weighted by molar-refractivity contribution is -0.0175. The molecule has 16 heavy (non-hydrogen) atoms. The summed E-state index contributed by atoms with van der Waals surface area (Å²) in [6, 6.07) is 5.97. The topological polar surface area (TPSA) is 18.5 Å². The lowest BCUT2D eigenvalue weighted by Crippen LogP contribution is -2.16. The molecule has 0 amide bonds. The molecule has 0 aliphatic carbocycles. The van der Waals surface area contributed by atoms with Gasteiger partial charge in [-0.2, -0.15) is 0 Å². The van der Waals surface area contributed by atoms with Gasteiger partial charge in [0.2, 0.25) is 0 Å². The number of ether oxygens (including phenoxy) is 2. The minimum atomic E-state index is 0.177. The van der Waals surface area contributed by atoms with Gasteiger partial charge in [0.05, 0.1) is 6.61 Å². The van der Waals surface area contributed by atoms with Crippen molar-refractivity contribution in [2.75, 3.05) is 13.4 Å². The molecule has 0 spiro atoms. The highest BCUT2D eigenvalue weighted by Gasteiger charge is 2.09. The first-order chi connectivity index (χ1) is 7.37. The Balaban J connectivity index is 2.37. The van der Waals surface area contributed by atoms with Crippen molar-refractivity contribution in [1.82, 2.24) is 0 Å². The van der Waals surface area contributed by atoms with Crippen molar-refractivity contribution in [3.05, 3.63) is 28.2 Å². The molecule has 0 N–H and O–H groups in total. The van der Waals surface area contributed by atoms with Gasteiger partial charge < -0.3 is 9.47 Å². The summed E-state index contributed by atoms with van der Waals surface area (Å²) in [5, 5.41) is 0. The van der Waals surface area contributed by atoms with Gasteiger partial charge in [-0.05, 0) is 36.1 Å². The van der Waals surface area contributed by atoms with Crippen molar-refractivity contribution in [2.45, 2.75) is 27.7 Å². The van der Waals surface area contributed by atoms with Crippen LogP contribution in [0, 0.1) is 12.3 Å².